The Morgan fingerprint density at radius 1 is 1.26 bits per heavy atom. The summed E-state index contributed by atoms with van der Waals surface area (Å²) in [5.74, 6) is 0.666. The van der Waals surface area contributed by atoms with Crippen LogP contribution in [0.25, 0.3) is 5.57 Å². The van der Waals surface area contributed by atoms with Crippen molar-refractivity contribution in [2.75, 3.05) is 0 Å². The molecule has 0 heterocycles. The molecule has 0 spiro atoms. The van der Waals surface area contributed by atoms with Crippen molar-refractivity contribution in [3.8, 4) is 0 Å². The highest BCUT2D eigenvalue weighted by Gasteiger charge is 2.27. The maximum atomic E-state index is 11.1. The van der Waals surface area contributed by atoms with E-state index in [-0.39, 0.29) is 10.6 Å². The Morgan fingerprint density at radius 3 is 2.47 bits per heavy atom. The largest absolute Gasteiger partial charge is 0.276 e. The van der Waals surface area contributed by atoms with Gasteiger partial charge in [-0.25, -0.2) is 0 Å². The van der Waals surface area contributed by atoms with Crippen LogP contribution in [-0.4, -0.2) is 4.92 Å². The van der Waals surface area contributed by atoms with Crippen molar-refractivity contribution in [1.82, 2.24) is 0 Å². The number of hydrogen-bond acceptors (Lipinski definition) is 2. The molecule has 0 radical (unpaired) electrons. The normalized spacial score (nSPS) is 19.9. The van der Waals surface area contributed by atoms with Gasteiger partial charge in [-0.15, -0.1) is 0 Å². The van der Waals surface area contributed by atoms with Gasteiger partial charge in [0.15, 0.2) is 0 Å². The van der Waals surface area contributed by atoms with E-state index in [0.717, 1.165) is 30.4 Å². The Labute approximate surface area is 114 Å². The zero-order chi connectivity index (χ0) is 14.0. The van der Waals surface area contributed by atoms with Crippen LogP contribution in [0.2, 0.25) is 0 Å². The lowest BCUT2D eigenvalue weighted by molar-refractivity contribution is -0.385. The lowest BCUT2D eigenvalue weighted by atomic mass is 9.72. The molecule has 1 aliphatic carbocycles. The number of rotatable bonds is 2. The van der Waals surface area contributed by atoms with Gasteiger partial charge in [-0.2, -0.15) is 0 Å². The van der Waals surface area contributed by atoms with E-state index in [1.165, 1.54) is 0 Å². The van der Waals surface area contributed by atoms with Crippen LogP contribution in [0.5, 0.6) is 0 Å². The van der Waals surface area contributed by atoms with Crippen LogP contribution in [0, 0.1) is 21.4 Å². The molecule has 1 aromatic carbocycles. The first-order valence-electron chi connectivity index (χ1n) is 6.82. The molecule has 2 rings (SSSR count). The lowest BCUT2D eigenvalue weighted by Gasteiger charge is -2.33. The minimum absolute atomic E-state index is 0.225. The number of allylic oxidation sites excluding steroid dienone is 2. The van der Waals surface area contributed by atoms with Gasteiger partial charge < -0.3 is 0 Å². The summed E-state index contributed by atoms with van der Waals surface area (Å²) >= 11 is 0. The van der Waals surface area contributed by atoms with Crippen molar-refractivity contribution >= 4 is 11.3 Å². The fourth-order valence-corrected chi connectivity index (χ4v) is 2.77. The number of para-hydroxylation sites is 1. The summed E-state index contributed by atoms with van der Waals surface area (Å²) in [5.41, 5.74) is 2.46. The molecule has 0 bridgehead atoms. The molecule has 102 valence electrons. The van der Waals surface area contributed by atoms with Crippen LogP contribution >= 0.6 is 0 Å². The summed E-state index contributed by atoms with van der Waals surface area (Å²) in [6.07, 6.45) is 5.26. The molecule has 3 nitrogen and oxygen atoms in total. The van der Waals surface area contributed by atoms with Crippen LogP contribution in [0.1, 0.15) is 45.6 Å². The first-order valence-corrected chi connectivity index (χ1v) is 6.82. The summed E-state index contributed by atoms with van der Waals surface area (Å²) in [7, 11) is 0. The van der Waals surface area contributed by atoms with Crippen molar-refractivity contribution in [3.63, 3.8) is 0 Å². The summed E-state index contributed by atoms with van der Waals surface area (Å²) < 4.78 is 0. The molecule has 0 aliphatic heterocycles. The fraction of sp³-hybridized carbons (Fsp3) is 0.500. The van der Waals surface area contributed by atoms with E-state index in [2.05, 4.69) is 26.8 Å². The molecule has 1 aromatic rings. The van der Waals surface area contributed by atoms with E-state index < -0.39 is 0 Å². The zero-order valence-electron chi connectivity index (χ0n) is 11.8. The molecule has 0 fully saturated rings. The zero-order valence-corrected chi connectivity index (χ0v) is 11.8. The molecule has 0 saturated carbocycles. The van der Waals surface area contributed by atoms with Gasteiger partial charge in [0.2, 0.25) is 0 Å². The van der Waals surface area contributed by atoms with Gasteiger partial charge in [0.1, 0.15) is 0 Å². The molecule has 0 N–H and O–H groups in total. The van der Waals surface area contributed by atoms with Crippen LogP contribution < -0.4 is 0 Å². The Bertz CT molecular complexity index is 512. The topological polar surface area (TPSA) is 43.1 Å². The maximum absolute atomic E-state index is 11.1. The predicted molar refractivity (Wildman–Crippen MR) is 77.9 cm³/mol. The Kier molecular flexibility index (Phi) is 3.74. The first kappa shape index (κ1) is 13.8. The van der Waals surface area contributed by atoms with Crippen LogP contribution in [0.3, 0.4) is 0 Å². The summed E-state index contributed by atoms with van der Waals surface area (Å²) in [6, 6.07) is 7.05. The molecule has 1 aliphatic rings. The van der Waals surface area contributed by atoms with Gasteiger partial charge in [0, 0.05) is 6.07 Å². The molecule has 0 saturated heterocycles. The van der Waals surface area contributed by atoms with Crippen molar-refractivity contribution in [2.24, 2.45) is 11.3 Å². The van der Waals surface area contributed by atoms with Crippen LogP contribution in [0.15, 0.2) is 30.3 Å². The maximum Gasteiger partial charge on any atom is 0.276 e. The van der Waals surface area contributed by atoms with Gasteiger partial charge in [-0.3, -0.25) is 10.1 Å². The first-order chi connectivity index (χ1) is 8.89. The minimum atomic E-state index is -0.286. The van der Waals surface area contributed by atoms with E-state index in [4.69, 9.17) is 0 Å². The summed E-state index contributed by atoms with van der Waals surface area (Å²) in [4.78, 5) is 10.8. The van der Waals surface area contributed by atoms with Gasteiger partial charge in [-0.05, 0) is 42.2 Å². The third-order valence-corrected chi connectivity index (χ3v) is 4.08. The Balaban J connectivity index is 2.26. The second kappa shape index (κ2) is 5.16. The van der Waals surface area contributed by atoms with E-state index in [9.17, 15) is 10.1 Å². The fourth-order valence-electron chi connectivity index (χ4n) is 2.77. The SMILES string of the molecule is CC(C)(C)C1CC=C(c2ccccc2[N+](=O)[O-])CC1. The van der Waals surface area contributed by atoms with Crippen molar-refractivity contribution in [3.05, 3.63) is 46.0 Å². The Hall–Kier alpha value is -1.64. The number of nitro benzene ring substituents is 1. The van der Waals surface area contributed by atoms with Gasteiger partial charge in [-0.1, -0.05) is 39.0 Å². The van der Waals surface area contributed by atoms with E-state index in [1.807, 2.05) is 12.1 Å². The third kappa shape index (κ3) is 3.03. The molecule has 1 atom stereocenters. The number of benzene rings is 1. The van der Waals surface area contributed by atoms with Gasteiger partial charge in [0.05, 0.1) is 10.5 Å². The van der Waals surface area contributed by atoms with Crippen LogP contribution in [-0.2, 0) is 0 Å². The Morgan fingerprint density at radius 2 is 1.95 bits per heavy atom. The summed E-state index contributed by atoms with van der Waals surface area (Å²) in [6.45, 7) is 6.80. The highest BCUT2D eigenvalue weighted by atomic mass is 16.6. The number of nitro groups is 1. The van der Waals surface area contributed by atoms with Crippen LogP contribution in [0.4, 0.5) is 5.69 Å². The lowest BCUT2D eigenvalue weighted by Crippen LogP contribution is -2.22. The van der Waals surface area contributed by atoms with Gasteiger partial charge in [0.25, 0.3) is 5.69 Å². The second-order valence-corrected chi connectivity index (χ2v) is 6.34. The number of nitrogens with zero attached hydrogens (tertiary/aromatic N) is 1. The van der Waals surface area contributed by atoms with Crippen molar-refractivity contribution in [2.45, 2.75) is 40.0 Å². The molecular formula is C16H21NO2. The average molecular weight is 259 g/mol. The molecule has 0 aromatic heterocycles. The third-order valence-electron chi connectivity index (χ3n) is 4.08. The predicted octanol–water partition coefficient (Wildman–Crippen LogP) is 4.82. The molecule has 3 heteroatoms. The molecule has 0 amide bonds. The highest BCUT2D eigenvalue weighted by Crippen LogP contribution is 2.41. The van der Waals surface area contributed by atoms with Gasteiger partial charge >= 0.3 is 0 Å². The second-order valence-electron chi connectivity index (χ2n) is 6.34. The van der Waals surface area contributed by atoms with E-state index >= 15 is 0 Å². The minimum Gasteiger partial charge on any atom is -0.258 e. The van der Waals surface area contributed by atoms with E-state index in [0.29, 0.717) is 11.3 Å². The van der Waals surface area contributed by atoms with Crippen molar-refractivity contribution < 1.29 is 4.92 Å². The molecule has 19 heavy (non-hydrogen) atoms. The number of hydrogen-bond donors (Lipinski definition) is 0. The van der Waals surface area contributed by atoms with E-state index in [1.54, 1.807) is 12.1 Å². The summed E-state index contributed by atoms with van der Waals surface area (Å²) in [5, 5.41) is 11.1. The monoisotopic (exact) mass is 259 g/mol. The highest BCUT2D eigenvalue weighted by molar-refractivity contribution is 5.73. The molecule has 1 unspecified atom stereocenters. The molecular weight excluding hydrogens is 238 g/mol. The van der Waals surface area contributed by atoms with Crippen molar-refractivity contribution in [1.29, 1.82) is 0 Å². The smallest absolute Gasteiger partial charge is 0.258 e. The average Bonchev–Trinajstić information content (AvgIpc) is 2.38. The quantitative estimate of drug-likeness (QED) is 0.564. The standard InChI is InChI=1S/C16H21NO2/c1-16(2,3)13-10-8-12(9-11-13)14-6-4-5-7-15(14)17(18)19/h4-8,13H,9-11H2,1-3H3.